The Morgan fingerprint density at radius 1 is 1.11 bits per heavy atom. The van der Waals surface area contributed by atoms with Crippen molar-refractivity contribution >= 4 is 52.0 Å². The fourth-order valence-corrected chi connectivity index (χ4v) is 2.28. The number of phenols is 1. The van der Waals surface area contributed by atoms with E-state index in [0.717, 1.165) is 0 Å². The molecule has 0 fully saturated rings. The molecule has 0 radical (unpaired) electrons. The van der Waals surface area contributed by atoms with Gasteiger partial charge in [0.1, 0.15) is 5.75 Å². The molecule has 0 saturated heterocycles. The van der Waals surface area contributed by atoms with Gasteiger partial charge in [0.15, 0.2) is 0 Å². The van der Waals surface area contributed by atoms with Crippen molar-refractivity contribution in [1.29, 1.82) is 0 Å². The Hall–Kier alpha value is -1.29. The highest BCUT2D eigenvalue weighted by Crippen LogP contribution is 2.32. The van der Waals surface area contributed by atoms with Crippen LogP contribution in [0.15, 0.2) is 39.3 Å². The summed E-state index contributed by atoms with van der Waals surface area (Å²) < 4.78 is 0. The lowest BCUT2D eigenvalue weighted by molar-refractivity contribution is -0.111. The number of Topliss-reactive ketones (excluding diaryl/α,β-unsaturated/α-hetero) is 1. The zero-order valence-corrected chi connectivity index (χ0v) is 12.0. The van der Waals surface area contributed by atoms with E-state index in [9.17, 15) is 9.90 Å². The molecule has 1 aromatic carbocycles. The van der Waals surface area contributed by atoms with Crippen LogP contribution in [0.4, 0.5) is 5.69 Å². The molecule has 0 atom stereocenters. The number of aromatic hydroxyl groups is 1. The van der Waals surface area contributed by atoms with Crippen LogP contribution in [0.2, 0.25) is 5.02 Å². The molecule has 0 aliphatic heterocycles. The molecule has 2 rings (SSSR count). The maximum Gasteiger partial charge on any atom is 0.215 e. The standard InChI is InChI=1S/C13H8Cl3NO2/c1-6-2-7(3-9(14)12(6)18)17-8-4-10(15)13(19)11(16)5-8/h2-5,18H,1H3. The third-order valence-electron chi connectivity index (χ3n) is 2.48. The van der Waals surface area contributed by atoms with Crippen LogP contribution in [0.5, 0.6) is 5.75 Å². The van der Waals surface area contributed by atoms with Crippen molar-refractivity contribution < 1.29 is 9.90 Å². The highest BCUT2D eigenvalue weighted by atomic mass is 35.5. The van der Waals surface area contributed by atoms with E-state index in [-0.39, 0.29) is 20.8 Å². The number of benzene rings is 1. The molecule has 0 saturated carbocycles. The number of ketones is 1. The molecule has 0 heterocycles. The van der Waals surface area contributed by atoms with Gasteiger partial charge in [-0.3, -0.25) is 4.79 Å². The van der Waals surface area contributed by atoms with Crippen molar-refractivity contribution in [2.45, 2.75) is 6.92 Å². The summed E-state index contributed by atoms with van der Waals surface area (Å²) in [5, 5.41) is 9.78. The minimum absolute atomic E-state index is 0.00727. The lowest BCUT2D eigenvalue weighted by atomic mass is 10.1. The number of rotatable bonds is 1. The molecule has 1 aliphatic carbocycles. The van der Waals surface area contributed by atoms with Crippen molar-refractivity contribution in [2.75, 3.05) is 0 Å². The molecule has 19 heavy (non-hydrogen) atoms. The van der Waals surface area contributed by atoms with Gasteiger partial charge in [-0.15, -0.1) is 0 Å². The molecular weight excluding hydrogens is 309 g/mol. The average molecular weight is 317 g/mol. The summed E-state index contributed by atoms with van der Waals surface area (Å²) >= 11 is 17.4. The molecule has 0 spiro atoms. The van der Waals surface area contributed by atoms with Crippen LogP contribution in [0, 0.1) is 6.92 Å². The Kier molecular flexibility index (Phi) is 3.99. The Balaban J connectivity index is 2.45. The Morgan fingerprint density at radius 3 is 2.21 bits per heavy atom. The van der Waals surface area contributed by atoms with Gasteiger partial charge in [-0.1, -0.05) is 34.8 Å². The van der Waals surface area contributed by atoms with Crippen LogP contribution in [-0.2, 0) is 4.79 Å². The van der Waals surface area contributed by atoms with Crippen molar-refractivity contribution in [1.82, 2.24) is 0 Å². The summed E-state index contributed by atoms with van der Waals surface area (Å²) in [6.07, 6.45) is 2.84. The first-order valence-corrected chi connectivity index (χ1v) is 6.39. The van der Waals surface area contributed by atoms with Crippen molar-refractivity contribution in [2.24, 2.45) is 4.99 Å². The van der Waals surface area contributed by atoms with Crippen LogP contribution in [-0.4, -0.2) is 16.6 Å². The molecule has 0 bridgehead atoms. The number of phenolic OH excluding ortho intramolecular Hbond substituents is 1. The molecule has 1 aliphatic rings. The van der Waals surface area contributed by atoms with Gasteiger partial charge in [0, 0.05) is 0 Å². The smallest absolute Gasteiger partial charge is 0.215 e. The molecule has 1 aromatic rings. The van der Waals surface area contributed by atoms with Crippen LogP contribution < -0.4 is 0 Å². The second kappa shape index (κ2) is 5.37. The van der Waals surface area contributed by atoms with E-state index in [0.29, 0.717) is 17.0 Å². The summed E-state index contributed by atoms with van der Waals surface area (Å²) in [4.78, 5) is 15.6. The molecular formula is C13H8Cl3NO2. The van der Waals surface area contributed by atoms with Crippen molar-refractivity contribution in [3.8, 4) is 5.75 Å². The number of carbonyl (C=O) groups is 1. The lowest BCUT2D eigenvalue weighted by Crippen LogP contribution is -2.07. The minimum atomic E-state index is -0.429. The van der Waals surface area contributed by atoms with E-state index in [1.165, 1.54) is 18.2 Å². The first-order valence-electron chi connectivity index (χ1n) is 5.25. The summed E-state index contributed by atoms with van der Waals surface area (Å²) in [7, 11) is 0. The quantitative estimate of drug-likeness (QED) is 0.787. The fourth-order valence-electron chi connectivity index (χ4n) is 1.54. The average Bonchev–Trinajstić information content (AvgIpc) is 2.33. The largest absolute Gasteiger partial charge is 0.506 e. The zero-order chi connectivity index (χ0) is 14.2. The number of hydrogen-bond donors (Lipinski definition) is 1. The molecule has 1 N–H and O–H groups in total. The molecule has 0 amide bonds. The first-order chi connectivity index (χ1) is 8.88. The second-order valence-corrected chi connectivity index (χ2v) is 5.17. The first kappa shape index (κ1) is 14.1. The number of carbonyl (C=O) groups excluding carboxylic acids is 1. The third-order valence-corrected chi connectivity index (χ3v) is 3.33. The van der Waals surface area contributed by atoms with E-state index in [2.05, 4.69) is 4.99 Å². The summed E-state index contributed by atoms with van der Waals surface area (Å²) in [6, 6.07) is 3.17. The van der Waals surface area contributed by atoms with E-state index in [1.807, 2.05) is 0 Å². The second-order valence-electron chi connectivity index (χ2n) is 3.94. The summed E-state index contributed by atoms with van der Waals surface area (Å²) in [6.45, 7) is 1.71. The molecule has 3 nitrogen and oxygen atoms in total. The summed E-state index contributed by atoms with van der Waals surface area (Å²) in [5.74, 6) is -0.409. The maximum atomic E-state index is 11.4. The number of hydrogen-bond acceptors (Lipinski definition) is 3. The minimum Gasteiger partial charge on any atom is -0.506 e. The van der Waals surface area contributed by atoms with E-state index < -0.39 is 5.78 Å². The predicted molar refractivity (Wildman–Crippen MR) is 77.8 cm³/mol. The highest BCUT2D eigenvalue weighted by Gasteiger charge is 2.17. The maximum absolute atomic E-state index is 11.4. The van der Waals surface area contributed by atoms with Gasteiger partial charge in [0.05, 0.1) is 26.5 Å². The normalized spacial score (nSPS) is 15.2. The SMILES string of the molecule is Cc1cc(N=C2C=C(Cl)C(=O)C(Cl)=C2)cc(Cl)c1O. The van der Waals surface area contributed by atoms with Gasteiger partial charge in [0.2, 0.25) is 5.78 Å². The van der Waals surface area contributed by atoms with Crippen LogP contribution >= 0.6 is 34.8 Å². The Bertz CT molecular complexity index is 613. The predicted octanol–water partition coefficient (Wildman–Crippen LogP) is 4.25. The number of allylic oxidation sites excluding steroid dienone is 4. The van der Waals surface area contributed by atoms with Crippen molar-refractivity contribution in [3.63, 3.8) is 0 Å². The van der Waals surface area contributed by atoms with Gasteiger partial charge in [0.25, 0.3) is 0 Å². The van der Waals surface area contributed by atoms with Gasteiger partial charge in [-0.05, 0) is 36.8 Å². The van der Waals surface area contributed by atoms with E-state index in [4.69, 9.17) is 34.8 Å². The van der Waals surface area contributed by atoms with Gasteiger partial charge in [-0.2, -0.15) is 0 Å². The van der Waals surface area contributed by atoms with E-state index >= 15 is 0 Å². The summed E-state index contributed by atoms with van der Waals surface area (Å²) in [5.41, 5.74) is 1.57. The molecule has 98 valence electrons. The van der Waals surface area contributed by atoms with Gasteiger partial charge in [-0.25, -0.2) is 4.99 Å². The van der Waals surface area contributed by atoms with Crippen LogP contribution in [0.1, 0.15) is 5.56 Å². The lowest BCUT2D eigenvalue weighted by Gasteiger charge is -2.07. The van der Waals surface area contributed by atoms with Crippen LogP contribution in [0.3, 0.4) is 0 Å². The number of halogens is 3. The third kappa shape index (κ3) is 3.00. The van der Waals surface area contributed by atoms with E-state index in [1.54, 1.807) is 13.0 Å². The number of aryl methyl sites for hydroxylation is 1. The van der Waals surface area contributed by atoms with Crippen LogP contribution in [0.25, 0.3) is 0 Å². The Labute approximate surface area is 124 Å². The zero-order valence-electron chi connectivity index (χ0n) is 9.75. The Morgan fingerprint density at radius 2 is 1.68 bits per heavy atom. The topological polar surface area (TPSA) is 49.7 Å². The number of aliphatic imine (C=N–C) groups is 1. The molecule has 6 heteroatoms. The van der Waals surface area contributed by atoms with Gasteiger partial charge < -0.3 is 5.11 Å². The highest BCUT2D eigenvalue weighted by molar-refractivity contribution is 6.57. The molecule has 0 unspecified atom stereocenters. The molecule has 0 aromatic heterocycles. The monoisotopic (exact) mass is 315 g/mol. The van der Waals surface area contributed by atoms with Gasteiger partial charge >= 0.3 is 0 Å². The van der Waals surface area contributed by atoms with Crippen molar-refractivity contribution in [3.05, 3.63) is 44.9 Å². The fraction of sp³-hybridized carbons (Fsp3) is 0.0769. The number of nitrogens with zero attached hydrogens (tertiary/aromatic N) is 1.